The maximum atomic E-state index is 12.6. The summed E-state index contributed by atoms with van der Waals surface area (Å²) in [5.74, 6) is -0.208. The lowest BCUT2D eigenvalue weighted by Gasteiger charge is -2.35. The monoisotopic (exact) mass is 398 g/mol. The molecule has 0 atom stereocenters. The Morgan fingerprint density at radius 2 is 1.57 bits per heavy atom. The summed E-state index contributed by atoms with van der Waals surface area (Å²) in [7, 11) is 0. The molecule has 0 N–H and O–H groups in total. The van der Waals surface area contributed by atoms with Gasteiger partial charge < -0.3 is 9.80 Å². The van der Waals surface area contributed by atoms with Gasteiger partial charge in [-0.05, 0) is 31.2 Å². The van der Waals surface area contributed by atoms with E-state index in [4.69, 9.17) is 11.6 Å². The summed E-state index contributed by atoms with van der Waals surface area (Å²) in [4.78, 5) is 40.8. The molecule has 0 bridgehead atoms. The summed E-state index contributed by atoms with van der Waals surface area (Å²) < 4.78 is 0. The van der Waals surface area contributed by atoms with E-state index in [-0.39, 0.29) is 30.4 Å². The van der Waals surface area contributed by atoms with Gasteiger partial charge in [0, 0.05) is 50.1 Å². The molecule has 2 aromatic carbocycles. The number of ketones is 1. The van der Waals surface area contributed by atoms with Gasteiger partial charge in [0.15, 0.2) is 5.78 Å². The fourth-order valence-corrected chi connectivity index (χ4v) is 3.56. The number of carbonyl (C=O) groups excluding carboxylic acids is 3. The number of nitrogens with zero attached hydrogens (tertiary/aromatic N) is 2. The SMILES string of the molecule is Cc1cccc(C(=O)N2CCN(C(=O)CCC(=O)c3ccccc3Cl)CC2)c1. The zero-order valence-corrected chi connectivity index (χ0v) is 16.6. The Labute approximate surface area is 169 Å². The second-order valence-corrected chi connectivity index (χ2v) is 7.35. The molecular formula is C22H23ClN2O3. The number of benzene rings is 2. The Morgan fingerprint density at radius 3 is 2.25 bits per heavy atom. The van der Waals surface area contributed by atoms with Gasteiger partial charge in [0.1, 0.15) is 0 Å². The average molecular weight is 399 g/mol. The van der Waals surface area contributed by atoms with E-state index in [1.807, 2.05) is 31.2 Å². The molecular weight excluding hydrogens is 376 g/mol. The second-order valence-electron chi connectivity index (χ2n) is 6.95. The van der Waals surface area contributed by atoms with Crippen LogP contribution in [0.5, 0.6) is 0 Å². The van der Waals surface area contributed by atoms with Crippen LogP contribution in [0, 0.1) is 6.92 Å². The fraction of sp³-hybridized carbons (Fsp3) is 0.318. The Bertz CT molecular complexity index is 889. The molecule has 0 aromatic heterocycles. The molecule has 146 valence electrons. The lowest BCUT2D eigenvalue weighted by molar-refractivity contribution is -0.132. The van der Waals surface area contributed by atoms with Crippen molar-refractivity contribution < 1.29 is 14.4 Å². The van der Waals surface area contributed by atoms with Crippen LogP contribution in [-0.4, -0.2) is 53.6 Å². The first-order chi connectivity index (χ1) is 13.5. The number of aryl methyl sites for hydroxylation is 1. The van der Waals surface area contributed by atoms with Crippen LogP contribution in [0.2, 0.25) is 5.02 Å². The maximum absolute atomic E-state index is 12.6. The van der Waals surface area contributed by atoms with Crippen LogP contribution in [0.1, 0.15) is 39.1 Å². The Balaban J connectivity index is 1.49. The Morgan fingerprint density at radius 1 is 0.893 bits per heavy atom. The number of rotatable bonds is 5. The van der Waals surface area contributed by atoms with Gasteiger partial charge in [0.05, 0.1) is 5.02 Å². The van der Waals surface area contributed by atoms with Gasteiger partial charge in [0.25, 0.3) is 5.91 Å². The van der Waals surface area contributed by atoms with E-state index >= 15 is 0 Å². The normalized spacial score (nSPS) is 14.1. The van der Waals surface area contributed by atoms with Crippen molar-refractivity contribution in [1.82, 2.24) is 9.80 Å². The van der Waals surface area contributed by atoms with Gasteiger partial charge >= 0.3 is 0 Å². The first-order valence-electron chi connectivity index (χ1n) is 9.37. The number of piperazine rings is 1. The number of hydrogen-bond acceptors (Lipinski definition) is 3. The standard InChI is InChI=1S/C22H23ClN2O3/c1-16-5-4-6-17(15-16)22(28)25-13-11-24(12-14-25)21(27)10-9-20(26)18-7-2-3-8-19(18)23/h2-8,15H,9-14H2,1H3. The highest BCUT2D eigenvalue weighted by molar-refractivity contribution is 6.34. The minimum absolute atomic E-state index is 0.00954. The van der Waals surface area contributed by atoms with E-state index in [0.717, 1.165) is 5.56 Å². The van der Waals surface area contributed by atoms with E-state index in [2.05, 4.69) is 0 Å². The molecule has 1 heterocycles. The first kappa shape index (κ1) is 20.1. The van der Waals surface area contributed by atoms with Crippen molar-refractivity contribution in [3.05, 3.63) is 70.2 Å². The van der Waals surface area contributed by atoms with Crippen molar-refractivity contribution in [2.45, 2.75) is 19.8 Å². The summed E-state index contributed by atoms with van der Waals surface area (Å²) in [5, 5.41) is 0.406. The lowest BCUT2D eigenvalue weighted by Crippen LogP contribution is -2.50. The molecule has 0 radical (unpaired) electrons. The second kappa shape index (κ2) is 9.02. The largest absolute Gasteiger partial charge is 0.339 e. The lowest BCUT2D eigenvalue weighted by atomic mass is 10.1. The van der Waals surface area contributed by atoms with Crippen LogP contribution >= 0.6 is 11.6 Å². The van der Waals surface area contributed by atoms with Crippen LogP contribution in [0.4, 0.5) is 0 Å². The number of amides is 2. The molecule has 0 unspecified atom stereocenters. The molecule has 1 saturated heterocycles. The molecule has 1 aliphatic heterocycles. The van der Waals surface area contributed by atoms with E-state index in [0.29, 0.717) is 42.3 Å². The van der Waals surface area contributed by atoms with Gasteiger partial charge in [-0.3, -0.25) is 14.4 Å². The van der Waals surface area contributed by atoms with Crippen LogP contribution in [0.15, 0.2) is 48.5 Å². The highest BCUT2D eigenvalue weighted by Gasteiger charge is 2.25. The smallest absolute Gasteiger partial charge is 0.253 e. The molecule has 3 rings (SSSR count). The highest BCUT2D eigenvalue weighted by atomic mass is 35.5. The summed E-state index contributed by atoms with van der Waals surface area (Å²) in [6, 6.07) is 14.4. The van der Waals surface area contributed by atoms with Crippen LogP contribution < -0.4 is 0 Å². The summed E-state index contributed by atoms with van der Waals surface area (Å²) in [6.45, 7) is 3.92. The van der Waals surface area contributed by atoms with E-state index in [1.165, 1.54) is 0 Å². The first-order valence-corrected chi connectivity index (χ1v) is 9.75. The van der Waals surface area contributed by atoms with E-state index in [1.54, 1.807) is 34.1 Å². The molecule has 2 amide bonds. The van der Waals surface area contributed by atoms with Crippen LogP contribution in [0.25, 0.3) is 0 Å². The molecule has 28 heavy (non-hydrogen) atoms. The van der Waals surface area contributed by atoms with E-state index in [9.17, 15) is 14.4 Å². The average Bonchev–Trinajstić information content (AvgIpc) is 2.71. The topological polar surface area (TPSA) is 57.7 Å². The molecule has 6 heteroatoms. The van der Waals surface area contributed by atoms with Crippen LogP contribution in [0.3, 0.4) is 0 Å². The number of hydrogen-bond donors (Lipinski definition) is 0. The quantitative estimate of drug-likeness (QED) is 0.723. The third-order valence-electron chi connectivity index (χ3n) is 4.92. The Hall–Kier alpha value is -2.66. The number of Topliss-reactive ketones (excluding diaryl/α,β-unsaturated/α-hetero) is 1. The van der Waals surface area contributed by atoms with Gasteiger partial charge in [-0.1, -0.05) is 41.4 Å². The third kappa shape index (κ3) is 4.78. The number of halogens is 1. The maximum Gasteiger partial charge on any atom is 0.253 e. The number of carbonyl (C=O) groups is 3. The molecule has 0 saturated carbocycles. The fourth-order valence-electron chi connectivity index (χ4n) is 3.32. The predicted octanol–water partition coefficient (Wildman–Crippen LogP) is 3.60. The molecule has 0 spiro atoms. The van der Waals surface area contributed by atoms with Crippen molar-refractivity contribution in [2.75, 3.05) is 26.2 Å². The molecule has 1 fully saturated rings. The zero-order valence-electron chi connectivity index (χ0n) is 15.9. The van der Waals surface area contributed by atoms with Crippen molar-refractivity contribution in [3.8, 4) is 0 Å². The van der Waals surface area contributed by atoms with E-state index < -0.39 is 0 Å². The van der Waals surface area contributed by atoms with Crippen molar-refractivity contribution in [3.63, 3.8) is 0 Å². The van der Waals surface area contributed by atoms with Gasteiger partial charge in [-0.15, -0.1) is 0 Å². The molecule has 0 aliphatic carbocycles. The summed E-state index contributed by atoms with van der Waals surface area (Å²) >= 11 is 6.04. The zero-order chi connectivity index (χ0) is 20.1. The van der Waals surface area contributed by atoms with Gasteiger partial charge in [0.2, 0.25) is 5.91 Å². The minimum Gasteiger partial charge on any atom is -0.339 e. The Kier molecular flexibility index (Phi) is 6.47. The highest BCUT2D eigenvalue weighted by Crippen LogP contribution is 2.18. The molecule has 2 aromatic rings. The van der Waals surface area contributed by atoms with Crippen molar-refractivity contribution in [2.24, 2.45) is 0 Å². The summed E-state index contributed by atoms with van der Waals surface area (Å²) in [6.07, 6.45) is 0.279. The predicted molar refractivity (Wildman–Crippen MR) is 109 cm³/mol. The summed E-state index contributed by atoms with van der Waals surface area (Å²) in [5.41, 5.74) is 2.17. The molecule has 5 nitrogen and oxygen atoms in total. The third-order valence-corrected chi connectivity index (χ3v) is 5.25. The van der Waals surface area contributed by atoms with Gasteiger partial charge in [-0.2, -0.15) is 0 Å². The van der Waals surface area contributed by atoms with Crippen LogP contribution in [-0.2, 0) is 4.79 Å². The van der Waals surface area contributed by atoms with Gasteiger partial charge in [-0.25, -0.2) is 0 Å². The van der Waals surface area contributed by atoms with Crippen molar-refractivity contribution in [1.29, 1.82) is 0 Å². The minimum atomic E-state index is -0.132. The van der Waals surface area contributed by atoms with Crippen molar-refractivity contribution >= 4 is 29.2 Å². The molecule has 1 aliphatic rings.